The number of pyridine rings is 1. The number of hydrogen-bond acceptors (Lipinski definition) is 3. The summed E-state index contributed by atoms with van der Waals surface area (Å²) < 4.78 is 52.8. The molecule has 3 aliphatic heterocycles. The van der Waals surface area contributed by atoms with Gasteiger partial charge in [0.2, 0.25) is 5.95 Å². The molecule has 1 aromatic heterocycles. The van der Waals surface area contributed by atoms with Crippen LogP contribution < -0.4 is 4.90 Å². The predicted molar refractivity (Wildman–Crippen MR) is 85.6 cm³/mol. The topological polar surface area (TPSA) is 19.4 Å². The molecule has 0 spiro atoms. The Hall–Kier alpha value is -2.15. The molecular formula is C18H17F4N3. The average Bonchev–Trinajstić information content (AvgIpc) is 2.59. The van der Waals surface area contributed by atoms with Crippen molar-refractivity contribution in [3.05, 3.63) is 59.7 Å². The van der Waals surface area contributed by atoms with Crippen molar-refractivity contribution >= 4 is 5.69 Å². The van der Waals surface area contributed by atoms with Gasteiger partial charge in [-0.1, -0.05) is 18.2 Å². The van der Waals surface area contributed by atoms with Crippen LogP contribution >= 0.6 is 0 Å². The number of rotatable bonds is 3. The molecule has 2 aromatic rings. The van der Waals surface area contributed by atoms with Gasteiger partial charge in [-0.2, -0.15) is 17.6 Å². The molecule has 3 aliphatic rings. The molecule has 3 saturated heterocycles. The van der Waals surface area contributed by atoms with Crippen molar-refractivity contribution in [1.82, 2.24) is 9.88 Å². The summed E-state index contributed by atoms with van der Waals surface area (Å²) in [6.07, 6.45) is -1.93. The third-order valence-electron chi connectivity index (χ3n) is 5.10. The SMILES string of the molecule is Fc1cc(N2CC3CC(C2)N3Cc2ccccc2C(F)(F)F)ccn1. The second kappa shape index (κ2) is 5.98. The summed E-state index contributed by atoms with van der Waals surface area (Å²) in [4.78, 5) is 7.76. The monoisotopic (exact) mass is 351 g/mol. The van der Waals surface area contributed by atoms with Crippen LogP contribution in [0.2, 0.25) is 0 Å². The smallest absolute Gasteiger partial charge is 0.368 e. The van der Waals surface area contributed by atoms with Crippen LogP contribution in [0.3, 0.4) is 0 Å². The molecule has 2 unspecified atom stereocenters. The van der Waals surface area contributed by atoms with Gasteiger partial charge in [0.15, 0.2) is 0 Å². The third kappa shape index (κ3) is 3.08. The molecule has 3 nitrogen and oxygen atoms in total. The molecule has 7 heteroatoms. The first-order chi connectivity index (χ1) is 11.9. The quantitative estimate of drug-likeness (QED) is 0.621. The molecule has 0 aliphatic carbocycles. The van der Waals surface area contributed by atoms with E-state index in [0.717, 1.165) is 18.2 Å². The Bertz CT molecular complexity index is 765. The molecule has 25 heavy (non-hydrogen) atoms. The minimum Gasteiger partial charge on any atom is -0.368 e. The number of anilines is 1. The number of benzene rings is 1. The van der Waals surface area contributed by atoms with E-state index in [2.05, 4.69) is 14.8 Å². The molecule has 3 fully saturated rings. The highest BCUT2D eigenvalue weighted by atomic mass is 19.4. The maximum Gasteiger partial charge on any atom is 0.416 e. The van der Waals surface area contributed by atoms with Crippen LogP contribution in [0.25, 0.3) is 0 Å². The van der Waals surface area contributed by atoms with Crippen molar-refractivity contribution in [3.8, 4) is 0 Å². The van der Waals surface area contributed by atoms with Gasteiger partial charge in [-0.05, 0) is 24.1 Å². The van der Waals surface area contributed by atoms with E-state index in [1.54, 1.807) is 18.2 Å². The Morgan fingerprint density at radius 2 is 1.80 bits per heavy atom. The van der Waals surface area contributed by atoms with Gasteiger partial charge < -0.3 is 4.90 Å². The summed E-state index contributed by atoms with van der Waals surface area (Å²) in [5, 5.41) is 0. The van der Waals surface area contributed by atoms with E-state index in [9.17, 15) is 17.6 Å². The minimum absolute atomic E-state index is 0.191. The molecule has 2 atom stereocenters. The Balaban J connectivity index is 1.48. The number of piperidine rings is 1. The lowest BCUT2D eigenvalue weighted by Gasteiger charge is -2.57. The largest absolute Gasteiger partial charge is 0.416 e. The standard InChI is InChI=1S/C18H17F4N3/c19-17-8-13(5-6-23-17)24-10-14-7-15(11-24)25(14)9-12-3-1-2-4-16(12)18(20,21)22/h1-6,8,14-15H,7,9-11H2. The maximum atomic E-state index is 13.3. The van der Waals surface area contributed by atoms with Gasteiger partial charge in [-0.25, -0.2) is 4.98 Å². The molecular weight excluding hydrogens is 334 g/mol. The van der Waals surface area contributed by atoms with Crippen molar-refractivity contribution in [2.24, 2.45) is 0 Å². The Morgan fingerprint density at radius 3 is 2.48 bits per heavy atom. The zero-order valence-corrected chi connectivity index (χ0v) is 13.4. The molecule has 0 N–H and O–H groups in total. The number of aromatic nitrogens is 1. The maximum absolute atomic E-state index is 13.3. The van der Waals surface area contributed by atoms with Crippen LogP contribution in [0.1, 0.15) is 17.5 Å². The Morgan fingerprint density at radius 1 is 1.08 bits per heavy atom. The van der Waals surface area contributed by atoms with Crippen LogP contribution in [-0.4, -0.2) is 35.1 Å². The highest BCUT2D eigenvalue weighted by molar-refractivity contribution is 5.47. The summed E-state index contributed by atoms with van der Waals surface area (Å²) in [6.45, 7) is 1.67. The number of piperazine rings is 1. The van der Waals surface area contributed by atoms with E-state index in [4.69, 9.17) is 0 Å². The van der Waals surface area contributed by atoms with E-state index < -0.39 is 17.7 Å². The first kappa shape index (κ1) is 16.3. The molecule has 0 saturated carbocycles. The van der Waals surface area contributed by atoms with Crippen LogP contribution in [0, 0.1) is 5.95 Å². The Labute approximate surface area is 142 Å². The fourth-order valence-corrected chi connectivity index (χ4v) is 3.88. The van der Waals surface area contributed by atoms with Crippen LogP contribution in [-0.2, 0) is 12.7 Å². The van der Waals surface area contributed by atoms with Crippen molar-refractivity contribution in [3.63, 3.8) is 0 Å². The number of alkyl halides is 3. The molecule has 0 amide bonds. The summed E-state index contributed by atoms with van der Waals surface area (Å²) in [5.74, 6) is -0.521. The van der Waals surface area contributed by atoms with Crippen molar-refractivity contribution in [2.75, 3.05) is 18.0 Å². The van der Waals surface area contributed by atoms with Gasteiger partial charge in [0.1, 0.15) is 0 Å². The number of halogens is 4. The number of hydrogen-bond donors (Lipinski definition) is 0. The first-order valence-corrected chi connectivity index (χ1v) is 8.19. The van der Waals surface area contributed by atoms with Gasteiger partial charge in [0, 0.05) is 49.7 Å². The lowest BCUT2D eigenvalue weighted by molar-refractivity contribution is -0.139. The molecule has 0 radical (unpaired) electrons. The summed E-state index contributed by atoms with van der Waals surface area (Å²) >= 11 is 0. The lowest BCUT2D eigenvalue weighted by Crippen LogP contribution is -2.68. The second-order valence-electron chi connectivity index (χ2n) is 6.61. The zero-order chi connectivity index (χ0) is 17.6. The lowest BCUT2D eigenvalue weighted by atomic mass is 9.86. The van der Waals surface area contributed by atoms with Crippen molar-refractivity contribution in [1.29, 1.82) is 0 Å². The summed E-state index contributed by atoms with van der Waals surface area (Å²) in [7, 11) is 0. The fraction of sp³-hybridized carbons (Fsp3) is 0.389. The first-order valence-electron chi connectivity index (χ1n) is 8.19. The molecule has 4 heterocycles. The van der Waals surface area contributed by atoms with Crippen LogP contribution in [0.5, 0.6) is 0 Å². The van der Waals surface area contributed by atoms with Crippen molar-refractivity contribution < 1.29 is 17.6 Å². The molecule has 1 aromatic carbocycles. The van der Waals surface area contributed by atoms with E-state index in [-0.39, 0.29) is 12.1 Å². The average molecular weight is 351 g/mol. The van der Waals surface area contributed by atoms with Gasteiger partial charge in [0.25, 0.3) is 0 Å². The fourth-order valence-electron chi connectivity index (χ4n) is 3.88. The normalized spacial score (nSPS) is 23.4. The van der Waals surface area contributed by atoms with Crippen LogP contribution in [0.15, 0.2) is 42.6 Å². The van der Waals surface area contributed by atoms with Gasteiger partial charge in [-0.3, -0.25) is 4.90 Å². The summed E-state index contributed by atoms with van der Waals surface area (Å²) in [6, 6.07) is 9.29. The zero-order valence-electron chi connectivity index (χ0n) is 13.4. The minimum atomic E-state index is -4.34. The highest BCUT2D eigenvalue weighted by Gasteiger charge is 2.45. The van der Waals surface area contributed by atoms with Gasteiger partial charge >= 0.3 is 6.18 Å². The predicted octanol–water partition coefficient (Wildman–Crippen LogP) is 3.70. The Kier molecular flexibility index (Phi) is 3.91. The number of fused-ring (bicyclic) bond motifs is 2. The highest BCUT2D eigenvalue weighted by Crippen LogP contribution is 2.38. The van der Waals surface area contributed by atoms with Gasteiger partial charge in [-0.15, -0.1) is 0 Å². The molecule has 132 valence electrons. The summed E-state index contributed by atoms with van der Waals surface area (Å²) in [5.41, 5.74) is 0.527. The second-order valence-corrected chi connectivity index (χ2v) is 6.61. The van der Waals surface area contributed by atoms with E-state index in [1.807, 2.05) is 0 Å². The van der Waals surface area contributed by atoms with Gasteiger partial charge in [0.05, 0.1) is 5.56 Å². The van der Waals surface area contributed by atoms with E-state index >= 15 is 0 Å². The molecule has 2 bridgehead atoms. The van der Waals surface area contributed by atoms with E-state index in [0.29, 0.717) is 25.2 Å². The van der Waals surface area contributed by atoms with E-state index in [1.165, 1.54) is 18.3 Å². The third-order valence-corrected chi connectivity index (χ3v) is 5.10. The van der Waals surface area contributed by atoms with Crippen LogP contribution in [0.4, 0.5) is 23.2 Å². The van der Waals surface area contributed by atoms with Crippen molar-refractivity contribution in [2.45, 2.75) is 31.2 Å². The number of nitrogens with zero attached hydrogens (tertiary/aromatic N) is 3. The molecule has 5 rings (SSSR count).